The Morgan fingerprint density at radius 2 is 2.12 bits per heavy atom. The largest absolute Gasteiger partial charge is 0.423 e. The van der Waals surface area contributed by atoms with Gasteiger partial charge in [0.25, 0.3) is 0 Å². The first-order chi connectivity index (χ1) is 12.4. The van der Waals surface area contributed by atoms with Gasteiger partial charge in [-0.05, 0) is 30.4 Å². The zero-order valence-corrected chi connectivity index (χ0v) is 14.0. The highest BCUT2D eigenvalue weighted by molar-refractivity contribution is 6.40. The van der Waals surface area contributed by atoms with Gasteiger partial charge in [0.05, 0.1) is 17.1 Å². The second kappa shape index (κ2) is 5.37. The minimum absolute atomic E-state index is 0.0221. The maximum Gasteiger partial charge on any atom is 0.423 e. The van der Waals surface area contributed by atoms with Crippen molar-refractivity contribution in [2.45, 2.75) is 24.3 Å². The van der Waals surface area contributed by atoms with Crippen molar-refractivity contribution in [1.29, 1.82) is 0 Å². The first-order valence-electron chi connectivity index (χ1n) is 8.19. The number of allylic oxidation sites excluding steroid dienone is 1. The molecule has 4 aliphatic rings. The SMILES string of the molecule is FC(F)(F)C1(OCOC2C3CC32)c2cccnc2N=C2N=CC(Cl)=CC21. The average molecular weight is 384 g/mol. The highest BCUT2D eigenvalue weighted by atomic mass is 35.5. The number of nitrogens with zero attached hydrogens (tertiary/aromatic N) is 3. The molecule has 1 aromatic heterocycles. The Balaban J connectivity index is 1.58. The molecule has 2 aliphatic carbocycles. The van der Waals surface area contributed by atoms with E-state index in [0.29, 0.717) is 11.8 Å². The lowest BCUT2D eigenvalue weighted by Gasteiger charge is -2.43. The molecular weight excluding hydrogens is 371 g/mol. The summed E-state index contributed by atoms with van der Waals surface area (Å²) in [4.78, 5) is 12.1. The molecule has 4 unspecified atom stereocenters. The van der Waals surface area contributed by atoms with Crippen LogP contribution in [0, 0.1) is 17.8 Å². The number of amidine groups is 1. The first-order valence-corrected chi connectivity index (χ1v) is 8.57. The van der Waals surface area contributed by atoms with Crippen molar-refractivity contribution in [2.75, 3.05) is 6.79 Å². The molecule has 5 nitrogen and oxygen atoms in total. The van der Waals surface area contributed by atoms with Gasteiger partial charge in [-0.3, -0.25) is 0 Å². The molecule has 2 fully saturated rings. The number of aliphatic imine (C=N–C) groups is 2. The molecule has 0 aromatic carbocycles. The fourth-order valence-electron chi connectivity index (χ4n) is 3.68. The number of halogens is 4. The number of aromatic nitrogens is 1. The Hall–Kier alpha value is -1.77. The maximum absolute atomic E-state index is 14.4. The Kier molecular flexibility index (Phi) is 3.39. The van der Waals surface area contributed by atoms with Gasteiger partial charge in [-0.25, -0.2) is 15.0 Å². The van der Waals surface area contributed by atoms with E-state index >= 15 is 0 Å². The molecule has 9 heteroatoms. The topological polar surface area (TPSA) is 56.1 Å². The van der Waals surface area contributed by atoms with Crippen molar-refractivity contribution in [3.8, 4) is 0 Å². The van der Waals surface area contributed by atoms with E-state index in [-0.39, 0.29) is 28.4 Å². The number of hydrogen-bond donors (Lipinski definition) is 0. The van der Waals surface area contributed by atoms with Crippen LogP contribution in [0.3, 0.4) is 0 Å². The van der Waals surface area contributed by atoms with Crippen LogP contribution in [0.2, 0.25) is 0 Å². The molecule has 2 saturated carbocycles. The summed E-state index contributed by atoms with van der Waals surface area (Å²) in [5.74, 6) is -0.423. The molecule has 0 spiro atoms. The molecule has 3 heterocycles. The monoisotopic (exact) mass is 383 g/mol. The van der Waals surface area contributed by atoms with Gasteiger partial charge in [-0.15, -0.1) is 0 Å². The number of fused-ring (bicyclic) bond motifs is 3. The molecule has 1 aromatic rings. The predicted molar refractivity (Wildman–Crippen MR) is 87.4 cm³/mol. The highest BCUT2D eigenvalue weighted by Gasteiger charge is 2.67. The third-order valence-electron chi connectivity index (χ3n) is 5.33. The Labute approximate surface area is 151 Å². The second-order valence-electron chi connectivity index (χ2n) is 6.82. The lowest BCUT2D eigenvalue weighted by atomic mass is 9.77. The fraction of sp³-hybridized carbons (Fsp3) is 0.471. The van der Waals surface area contributed by atoms with Crippen LogP contribution < -0.4 is 0 Å². The summed E-state index contributed by atoms with van der Waals surface area (Å²) in [5.41, 5.74) is -2.87. The second-order valence-corrected chi connectivity index (χ2v) is 7.26. The van der Waals surface area contributed by atoms with Gasteiger partial charge < -0.3 is 9.47 Å². The number of hydrogen-bond acceptors (Lipinski definition) is 5. The van der Waals surface area contributed by atoms with E-state index in [9.17, 15) is 13.2 Å². The standard InChI is InChI=1S/C17H13ClF3N3O2/c18-8-4-12-15(23-6-8)24-14-11(2-1-3-22-14)16(12,17(19,20)21)26-7-25-13-9-5-10(9)13/h1-4,6,9-10,12-13H,5,7H2. The zero-order valence-electron chi connectivity index (χ0n) is 13.3. The summed E-state index contributed by atoms with van der Waals surface area (Å²) in [5, 5.41) is 0.0999. The Morgan fingerprint density at radius 1 is 1.31 bits per heavy atom. The highest BCUT2D eigenvalue weighted by Crippen LogP contribution is 2.64. The van der Waals surface area contributed by atoms with E-state index in [1.54, 1.807) is 0 Å². The number of rotatable bonds is 4. The summed E-state index contributed by atoms with van der Waals surface area (Å²) >= 11 is 5.95. The molecule has 26 heavy (non-hydrogen) atoms. The van der Waals surface area contributed by atoms with Crippen LogP contribution in [0.4, 0.5) is 19.0 Å². The molecule has 0 saturated heterocycles. The lowest BCUT2D eigenvalue weighted by Crippen LogP contribution is -2.54. The Bertz CT molecular complexity index is 861. The van der Waals surface area contributed by atoms with E-state index in [0.717, 1.165) is 6.42 Å². The molecule has 0 amide bonds. The number of ether oxygens (including phenoxy) is 2. The maximum atomic E-state index is 14.4. The van der Waals surface area contributed by atoms with E-state index in [4.69, 9.17) is 21.1 Å². The summed E-state index contributed by atoms with van der Waals surface area (Å²) < 4.78 is 54.2. The van der Waals surface area contributed by atoms with Crippen LogP contribution in [0.1, 0.15) is 12.0 Å². The first kappa shape index (κ1) is 16.4. The van der Waals surface area contributed by atoms with Crippen LogP contribution in [-0.4, -0.2) is 36.1 Å². The van der Waals surface area contributed by atoms with Gasteiger partial charge in [0.2, 0.25) is 5.60 Å². The summed E-state index contributed by atoms with van der Waals surface area (Å²) in [7, 11) is 0. The van der Waals surface area contributed by atoms with E-state index in [2.05, 4.69) is 15.0 Å². The van der Waals surface area contributed by atoms with Crippen molar-refractivity contribution >= 4 is 29.5 Å². The van der Waals surface area contributed by atoms with Gasteiger partial charge >= 0.3 is 6.18 Å². The molecular formula is C17H13ClF3N3O2. The summed E-state index contributed by atoms with van der Waals surface area (Å²) in [6.45, 7) is -0.468. The van der Waals surface area contributed by atoms with Gasteiger partial charge in [-0.2, -0.15) is 13.2 Å². The third-order valence-corrected chi connectivity index (χ3v) is 5.56. The van der Waals surface area contributed by atoms with E-state index < -0.39 is 24.5 Å². The van der Waals surface area contributed by atoms with Crippen molar-refractivity contribution in [1.82, 2.24) is 4.98 Å². The third kappa shape index (κ3) is 2.28. The number of dihydropyridines is 1. The minimum atomic E-state index is -4.76. The average Bonchev–Trinajstić information content (AvgIpc) is 3.49. The van der Waals surface area contributed by atoms with Crippen molar-refractivity contribution < 1.29 is 22.6 Å². The van der Waals surface area contributed by atoms with Gasteiger partial charge in [-0.1, -0.05) is 17.7 Å². The molecule has 2 aliphatic heterocycles. The van der Waals surface area contributed by atoms with E-state index in [1.807, 2.05) is 0 Å². The van der Waals surface area contributed by atoms with Crippen LogP contribution in [0.5, 0.6) is 0 Å². The Morgan fingerprint density at radius 3 is 2.81 bits per heavy atom. The van der Waals surface area contributed by atoms with Crippen molar-refractivity contribution in [3.63, 3.8) is 0 Å². The fourth-order valence-corrected chi connectivity index (χ4v) is 3.86. The number of pyridine rings is 1. The summed E-state index contributed by atoms with van der Waals surface area (Å²) in [6, 6.07) is 2.75. The zero-order chi connectivity index (χ0) is 18.1. The minimum Gasteiger partial charge on any atom is -0.352 e. The summed E-state index contributed by atoms with van der Waals surface area (Å²) in [6.07, 6.45) is 0.273. The van der Waals surface area contributed by atoms with Gasteiger partial charge in [0.1, 0.15) is 12.6 Å². The predicted octanol–water partition coefficient (Wildman–Crippen LogP) is 3.72. The van der Waals surface area contributed by atoms with Gasteiger partial charge in [0.15, 0.2) is 5.82 Å². The lowest BCUT2D eigenvalue weighted by molar-refractivity contribution is -0.315. The smallest absolute Gasteiger partial charge is 0.352 e. The van der Waals surface area contributed by atoms with Gasteiger partial charge in [0, 0.05) is 18.0 Å². The normalized spacial score (nSPS) is 36.5. The van der Waals surface area contributed by atoms with Crippen molar-refractivity contribution in [2.24, 2.45) is 27.7 Å². The molecule has 0 bridgehead atoms. The molecule has 4 atom stereocenters. The van der Waals surface area contributed by atoms with Crippen LogP contribution in [-0.2, 0) is 15.1 Å². The molecule has 136 valence electrons. The van der Waals surface area contributed by atoms with E-state index in [1.165, 1.54) is 30.6 Å². The molecule has 0 radical (unpaired) electrons. The quantitative estimate of drug-likeness (QED) is 0.745. The molecule has 5 rings (SSSR count). The number of alkyl halides is 3. The van der Waals surface area contributed by atoms with Crippen LogP contribution >= 0.6 is 11.6 Å². The van der Waals surface area contributed by atoms with Crippen LogP contribution in [0.15, 0.2) is 39.4 Å². The molecule has 0 N–H and O–H groups in total. The van der Waals surface area contributed by atoms with Crippen LogP contribution in [0.25, 0.3) is 0 Å². The van der Waals surface area contributed by atoms with Crippen molar-refractivity contribution in [3.05, 3.63) is 35.0 Å².